The van der Waals surface area contributed by atoms with Crippen molar-refractivity contribution in [2.75, 3.05) is 26.1 Å². The molecule has 6 rings (SSSR count). The number of aromatic nitrogens is 1. The molecule has 1 aromatic heterocycles. The molecular formula is C33H46N4O5. The van der Waals surface area contributed by atoms with E-state index < -0.39 is 24.1 Å². The van der Waals surface area contributed by atoms with Crippen LogP contribution in [0.1, 0.15) is 76.6 Å². The Morgan fingerprint density at radius 2 is 1.88 bits per heavy atom. The van der Waals surface area contributed by atoms with Crippen LogP contribution in [-0.4, -0.2) is 66.4 Å². The number of anilines is 1. The van der Waals surface area contributed by atoms with Crippen molar-refractivity contribution in [2.24, 2.45) is 17.3 Å². The zero-order valence-corrected chi connectivity index (χ0v) is 26.2. The number of carboxylic acid groups (broad SMARTS) is 1. The minimum absolute atomic E-state index is 0.0482. The van der Waals surface area contributed by atoms with Gasteiger partial charge in [-0.05, 0) is 67.6 Å². The largest absolute Gasteiger partial charge is 0.496 e. The van der Waals surface area contributed by atoms with E-state index in [0.717, 1.165) is 36.1 Å². The van der Waals surface area contributed by atoms with E-state index in [9.17, 15) is 14.7 Å². The number of carboxylic acids is 1. The highest BCUT2D eigenvalue weighted by atomic mass is 16.6. The van der Waals surface area contributed by atoms with Gasteiger partial charge in [0.2, 0.25) is 0 Å². The van der Waals surface area contributed by atoms with Crippen molar-refractivity contribution in [2.45, 2.75) is 90.1 Å². The van der Waals surface area contributed by atoms with Gasteiger partial charge in [0.25, 0.3) is 0 Å². The highest BCUT2D eigenvalue weighted by Crippen LogP contribution is 2.71. The normalized spacial score (nSPS) is 28.2. The molecule has 4 aliphatic rings. The number of rotatable bonds is 9. The van der Waals surface area contributed by atoms with Gasteiger partial charge in [0.1, 0.15) is 17.6 Å². The molecule has 0 unspecified atom stereocenters. The van der Waals surface area contributed by atoms with Crippen LogP contribution in [-0.2, 0) is 21.5 Å². The van der Waals surface area contributed by atoms with Crippen molar-refractivity contribution in [1.29, 1.82) is 0 Å². The third kappa shape index (κ3) is 5.21. The number of aliphatic carboxylic acids is 1. The molecule has 3 saturated carbocycles. The average Bonchev–Trinajstić information content (AvgIpc) is 3.19. The second-order valence-electron chi connectivity index (χ2n) is 13.9. The van der Waals surface area contributed by atoms with Gasteiger partial charge in [-0.15, -0.1) is 0 Å². The summed E-state index contributed by atoms with van der Waals surface area (Å²) in [6.07, 6.45) is 3.72. The first kappa shape index (κ1) is 30.1. The first-order valence-corrected chi connectivity index (χ1v) is 15.0. The average molecular weight is 579 g/mol. The summed E-state index contributed by atoms with van der Waals surface area (Å²) < 4.78 is 11.5. The maximum absolute atomic E-state index is 13.9. The summed E-state index contributed by atoms with van der Waals surface area (Å²) in [7, 11) is 5.49. The Balaban J connectivity index is 1.64. The molecule has 4 atom stereocenters. The summed E-state index contributed by atoms with van der Waals surface area (Å²) in [4.78, 5) is 35.1. The SMILES string of the molecule is COc1ccc(C(C)(C)C)cc1CN[C@H]1[C@H](C23CC(C2)C3)[C@@H](C(=O)O)N(C(=O)OC(C)C)[C@H]1c1cccnc1N(C)C. The summed E-state index contributed by atoms with van der Waals surface area (Å²) in [6.45, 7) is 10.6. The Labute approximate surface area is 249 Å². The maximum Gasteiger partial charge on any atom is 0.411 e. The molecule has 1 aromatic carbocycles. The van der Waals surface area contributed by atoms with Crippen molar-refractivity contribution in [3.8, 4) is 5.75 Å². The van der Waals surface area contributed by atoms with Crippen molar-refractivity contribution < 1.29 is 24.2 Å². The molecule has 1 aliphatic heterocycles. The van der Waals surface area contributed by atoms with E-state index in [1.165, 1.54) is 10.5 Å². The molecule has 2 aromatic rings. The van der Waals surface area contributed by atoms with Crippen LogP contribution in [0.5, 0.6) is 5.75 Å². The smallest absolute Gasteiger partial charge is 0.411 e. The van der Waals surface area contributed by atoms with Crippen LogP contribution in [0.3, 0.4) is 0 Å². The molecule has 9 heteroatoms. The van der Waals surface area contributed by atoms with Crippen LogP contribution in [0.4, 0.5) is 10.6 Å². The Morgan fingerprint density at radius 3 is 2.40 bits per heavy atom. The fourth-order valence-corrected chi connectivity index (χ4v) is 7.55. The summed E-state index contributed by atoms with van der Waals surface area (Å²) in [5.74, 6) is 0.827. The van der Waals surface area contributed by atoms with Crippen LogP contribution in [0.25, 0.3) is 0 Å². The minimum atomic E-state index is -1.03. The van der Waals surface area contributed by atoms with Crippen LogP contribution in [0, 0.1) is 17.3 Å². The topological polar surface area (TPSA) is 104 Å². The molecular weight excluding hydrogens is 532 g/mol. The van der Waals surface area contributed by atoms with Gasteiger partial charge in [0, 0.05) is 49.9 Å². The highest BCUT2D eigenvalue weighted by molar-refractivity contribution is 5.83. The van der Waals surface area contributed by atoms with E-state index in [0.29, 0.717) is 18.3 Å². The van der Waals surface area contributed by atoms with Gasteiger partial charge in [0.15, 0.2) is 0 Å². The minimum Gasteiger partial charge on any atom is -0.496 e. The van der Waals surface area contributed by atoms with Gasteiger partial charge in [-0.2, -0.15) is 0 Å². The lowest BCUT2D eigenvalue weighted by atomic mass is 9.38. The molecule has 0 radical (unpaired) electrons. The lowest BCUT2D eigenvalue weighted by molar-refractivity contribution is -0.174. The number of carbonyl (C=O) groups excluding carboxylic acids is 1. The van der Waals surface area contributed by atoms with E-state index in [4.69, 9.17) is 9.47 Å². The first-order valence-electron chi connectivity index (χ1n) is 15.0. The molecule has 1 amide bonds. The number of likely N-dealkylation sites (tertiary alicyclic amines) is 1. The van der Waals surface area contributed by atoms with Gasteiger partial charge in [-0.25, -0.2) is 14.6 Å². The van der Waals surface area contributed by atoms with Crippen molar-refractivity contribution >= 4 is 17.9 Å². The summed E-state index contributed by atoms with van der Waals surface area (Å²) in [5, 5.41) is 14.6. The number of hydrogen-bond acceptors (Lipinski definition) is 7. The van der Waals surface area contributed by atoms with E-state index in [1.54, 1.807) is 27.2 Å². The molecule has 42 heavy (non-hydrogen) atoms. The molecule has 2 N–H and O–H groups in total. The highest BCUT2D eigenvalue weighted by Gasteiger charge is 2.70. The molecule has 4 fully saturated rings. The number of pyridine rings is 1. The first-order chi connectivity index (χ1) is 19.8. The molecule has 0 spiro atoms. The van der Waals surface area contributed by atoms with Crippen molar-refractivity contribution in [3.05, 3.63) is 53.2 Å². The third-order valence-electron chi connectivity index (χ3n) is 9.49. The third-order valence-corrected chi connectivity index (χ3v) is 9.49. The Bertz CT molecular complexity index is 1320. The zero-order valence-electron chi connectivity index (χ0n) is 26.2. The predicted molar refractivity (Wildman–Crippen MR) is 162 cm³/mol. The molecule has 228 valence electrons. The fraction of sp³-hybridized carbons (Fsp3) is 0.606. The van der Waals surface area contributed by atoms with Crippen LogP contribution < -0.4 is 15.0 Å². The second-order valence-corrected chi connectivity index (χ2v) is 13.9. The second kappa shape index (κ2) is 11.1. The summed E-state index contributed by atoms with van der Waals surface area (Å²) in [6, 6.07) is 8.09. The van der Waals surface area contributed by atoms with E-state index >= 15 is 0 Å². The van der Waals surface area contributed by atoms with Crippen LogP contribution >= 0.6 is 0 Å². The Kier molecular flexibility index (Phi) is 7.94. The van der Waals surface area contributed by atoms with Crippen LogP contribution in [0.15, 0.2) is 36.5 Å². The number of methoxy groups -OCH3 is 1. The number of hydrogen-bond donors (Lipinski definition) is 2. The van der Waals surface area contributed by atoms with Crippen molar-refractivity contribution in [1.82, 2.24) is 15.2 Å². The number of ether oxygens (including phenoxy) is 2. The Morgan fingerprint density at radius 1 is 1.19 bits per heavy atom. The van der Waals surface area contributed by atoms with E-state index in [-0.39, 0.29) is 28.9 Å². The van der Waals surface area contributed by atoms with Crippen molar-refractivity contribution in [3.63, 3.8) is 0 Å². The predicted octanol–water partition coefficient (Wildman–Crippen LogP) is 5.38. The monoisotopic (exact) mass is 578 g/mol. The molecule has 3 aliphatic carbocycles. The van der Waals surface area contributed by atoms with Gasteiger partial charge in [-0.1, -0.05) is 39.0 Å². The van der Waals surface area contributed by atoms with E-state index in [2.05, 4.69) is 43.2 Å². The van der Waals surface area contributed by atoms with Crippen LogP contribution in [0.2, 0.25) is 0 Å². The number of amides is 1. The number of nitrogens with zero attached hydrogens (tertiary/aromatic N) is 3. The number of benzene rings is 1. The maximum atomic E-state index is 13.9. The number of carbonyl (C=O) groups is 2. The van der Waals surface area contributed by atoms with Gasteiger partial charge in [0.05, 0.1) is 19.3 Å². The molecule has 2 heterocycles. The summed E-state index contributed by atoms with van der Waals surface area (Å²) >= 11 is 0. The van der Waals surface area contributed by atoms with Gasteiger partial charge < -0.3 is 24.8 Å². The molecule has 2 bridgehead atoms. The summed E-state index contributed by atoms with van der Waals surface area (Å²) in [5.41, 5.74) is 2.82. The molecule has 1 saturated heterocycles. The Hall–Kier alpha value is -3.33. The lowest BCUT2D eigenvalue weighted by Gasteiger charge is -2.66. The lowest BCUT2D eigenvalue weighted by Crippen LogP contribution is -2.63. The van der Waals surface area contributed by atoms with Gasteiger partial charge >= 0.3 is 12.1 Å². The standard InChI is InChI=1S/C33H46N4O5/c1-19(2)42-31(40)37-27(23-10-9-13-34-29(23)36(6)7)26(25(28(37)30(38)39)33-15-20(16-33)17-33)35-18-21-14-22(32(3,4)5)11-12-24(21)41-8/h9-14,19-20,25-28,35H,15-18H2,1-8H3,(H,38,39)/t20?,25-,26-,27-,28-,33?/m0/s1. The fourth-order valence-electron chi connectivity index (χ4n) is 7.55. The quantitative estimate of drug-likeness (QED) is 0.409. The molecule has 9 nitrogen and oxygen atoms in total. The van der Waals surface area contributed by atoms with E-state index in [1.807, 2.05) is 37.2 Å². The zero-order chi connectivity index (χ0) is 30.6. The number of nitrogens with one attached hydrogen (secondary N) is 1. The van der Waals surface area contributed by atoms with Gasteiger partial charge in [-0.3, -0.25) is 4.90 Å².